The van der Waals surface area contributed by atoms with Gasteiger partial charge in [0.25, 0.3) is 5.69 Å². The molecule has 0 aliphatic carbocycles. The molecule has 1 saturated heterocycles. The van der Waals surface area contributed by atoms with Crippen molar-refractivity contribution in [3.8, 4) is 0 Å². The maximum atomic E-state index is 10.7. The summed E-state index contributed by atoms with van der Waals surface area (Å²) in [7, 11) is 0. The molecule has 3 N–H and O–H groups in total. The largest absolute Gasteiger partial charge is 0.352 e. The number of halogens is 1. The second kappa shape index (κ2) is 5.41. The Morgan fingerprint density at radius 2 is 2.32 bits per heavy atom. The first-order valence-corrected chi connectivity index (χ1v) is 5.84. The molecule has 8 heteroatoms. The second-order valence-corrected chi connectivity index (χ2v) is 4.38. The van der Waals surface area contributed by atoms with E-state index in [4.69, 9.17) is 0 Å². The predicted molar refractivity (Wildman–Crippen MR) is 74.9 cm³/mol. The van der Waals surface area contributed by atoms with Gasteiger partial charge in [0.2, 0.25) is 5.95 Å². The Kier molecular flexibility index (Phi) is 3.87. The molecule has 0 spiro atoms. The molecule has 7 nitrogen and oxygen atoms in total. The number of non-ortho nitro benzene ring substituents is 1. The lowest BCUT2D eigenvalue weighted by molar-refractivity contribution is -0.384. The molecule has 1 aliphatic rings. The van der Waals surface area contributed by atoms with E-state index in [1.54, 1.807) is 6.07 Å². The van der Waals surface area contributed by atoms with E-state index < -0.39 is 4.92 Å². The number of aromatic nitrogens is 2. The number of nitro groups is 1. The van der Waals surface area contributed by atoms with E-state index in [2.05, 4.69) is 20.6 Å². The number of anilines is 1. The summed E-state index contributed by atoms with van der Waals surface area (Å²) < 4.78 is 0. The van der Waals surface area contributed by atoms with Crippen LogP contribution in [0.3, 0.4) is 0 Å². The second-order valence-electron chi connectivity index (χ2n) is 4.38. The molecule has 0 saturated carbocycles. The van der Waals surface area contributed by atoms with Gasteiger partial charge in [-0.05, 0) is 19.0 Å². The zero-order valence-corrected chi connectivity index (χ0v) is 10.9. The SMILES string of the molecule is Cl.O=[N+]([O-])c1ccc2nc(N[C@H]3CCNC3)[nH]c2c1. The number of imidazole rings is 1. The highest BCUT2D eigenvalue weighted by atomic mass is 35.5. The lowest BCUT2D eigenvalue weighted by Crippen LogP contribution is -2.22. The van der Waals surface area contributed by atoms with Gasteiger partial charge in [0.05, 0.1) is 16.0 Å². The number of nitrogens with zero attached hydrogens (tertiary/aromatic N) is 2. The molecule has 1 aromatic heterocycles. The minimum absolute atomic E-state index is 0. The smallest absolute Gasteiger partial charge is 0.271 e. The fourth-order valence-corrected chi connectivity index (χ4v) is 2.15. The summed E-state index contributed by atoms with van der Waals surface area (Å²) in [6.45, 7) is 1.92. The van der Waals surface area contributed by atoms with Crippen LogP contribution in [0.5, 0.6) is 0 Å². The van der Waals surface area contributed by atoms with E-state index in [-0.39, 0.29) is 18.1 Å². The fourth-order valence-electron chi connectivity index (χ4n) is 2.15. The van der Waals surface area contributed by atoms with E-state index in [1.807, 2.05) is 0 Å². The first-order valence-electron chi connectivity index (χ1n) is 5.84. The van der Waals surface area contributed by atoms with E-state index in [9.17, 15) is 10.1 Å². The summed E-state index contributed by atoms with van der Waals surface area (Å²) in [4.78, 5) is 17.7. The number of nitro benzene ring substituents is 1. The maximum absolute atomic E-state index is 10.7. The number of aromatic amines is 1. The summed E-state index contributed by atoms with van der Waals surface area (Å²) >= 11 is 0. The Labute approximate surface area is 115 Å². The Balaban J connectivity index is 0.00000133. The summed E-state index contributed by atoms with van der Waals surface area (Å²) in [6.07, 6.45) is 1.05. The van der Waals surface area contributed by atoms with Gasteiger partial charge in [0.1, 0.15) is 0 Å². The maximum Gasteiger partial charge on any atom is 0.271 e. The third kappa shape index (κ3) is 2.77. The van der Waals surface area contributed by atoms with Crippen molar-refractivity contribution in [2.75, 3.05) is 18.4 Å². The molecule has 19 heavy (non-hydrogen) atoms. The van der Waals surface area contributed by atoms with Crippen LogP contribution in [0.15, 0.2) is 18.2 Å². The number of fused-ring (bicyclic) bond motifs is 1. The van der Waals surface area contributed by atoms with E-state index in [1.165, 1.54) is 12.1 Å². The molecule has 0 amide bonds. The highest BCUT2D eigenvalue weighted by Crippen LogP contribution is 2.21. The lowest BCUT2D eigenvalue weighted by atomic mass is 10.3. The van der Waals surface area contributed by atoms with Crippen LogP contribution in [0.25, 0.3) is 11.0 Å². The van der Waals surface area contributed by atoms with Gasteiger partial charge in [0, 0.05) is 24.7 Å². The molecule has 2 aromatic rings. The zero-order valence-electron chi connectivity index (χ0n) is 10.0. The van der Waals surface area contributed by atoms with Gasteiger partial charge in [-0.1, -0.05) is 0 Å². The quantitative estimate of drug-likeness (QED) is 0.588. The van der Waals surface area contributed by atoms with Gasteiger partial charge in [-0.15, -0.1) is 12.4 Å². The van der Waals surface area contributed by atoms with E-state index >= 15 is 0 Å². The first kappa shape index (κ1) is 13.6. The zero-order chi connectivity index (χ0) is 12.5. The monoisotopic (exact) mass is 283 g/mol. The minimum Gasteiger partial charge on any atom is -0.352 e. The van der Waals surface area contributed by atoms with Crippen LogP contribution in [0.2, 0.25) is 0 Å². The van der Waals surface area contributed by atoms with Gasteiger partial charge < -0.3 is 15.6 Å². The van der Waals surface area contributed by atoms with Gasteiger partial charge in [-0.25, -0.2) is 4.98 Å². The van der Waals surface area contributed by atoms with Crippen LogP contribution in [0, 0.1) is 10.1 Å². The third-order valence-electron chi connectivity index (χ3n) is 3.08. The summed E-state index contributed by atoms with van der Waals surface area (Å²) in [5.41, 5.74) is 1.48. The van der Waals surface area contributed by atoms with Crippen LogP contribution in [0.1, 0.15) is 6.42 Å². The van der Waals surface area contributed by atoms with Crippen LogP contribution in [-0.2, 0) is 0 Å². The number of benzene rings is 1. The van der Waals surface area contributed by atoms with Crippen molar-refractivity contribution < 1.29 is 4.92 Å². The summed E-state index contributed by atoms with van der Waals surface area (Å²) in [6, 6.07) is 4.98. The third-order valence-corrected chi connectivity index (χ3v) is 3.08. The van der Waals surface area contributed by atoms with Crippen molar-refractivity contribution in [2.45, 2.75) is 12.5 Å². The van der Waals surface area contributed by atoms with E-state index in [0.29, 0.717) is 17.5 Å². The van der Waals surface area contributed by atoms with Crippen molar-refractivity contribution in [2.24, 2.45) is 0 Å². The van der Waals surface area contributed by atoms with Crippen molar-refractivity contribution in [3.63, 3.8) is 0 Å². The van der Waals surface area contributed by atoms with Crippen molar-refractivity contribution >= 4 is 35.1 Å². The normalized spacial score (nSPS) is 18.2. The minimum atomic E-state index is -0.408. The van der Waals surface area contributed by atoms with Crippen molar-refractivity contribution in [1.29, 1.82) is 0 Å². The lowest BCUT2D eigenvalue weighted by Gasteiger charge is -2.08. The van der Waals surface area contributed by atoms with Crippen molar-refractivity contribution in [1.82, 2.24) is 15.3 Å². The molecule has 1 aromatic carbocycles. The Hall–Kier alpha value is -1.86. The number of hydrogen-bond acceptors (Lipinski definition) is 5. The molecule has 0 unspecified atom stereocenters. The standard InChI is InChI=1S/C11H13N5O2.ClH/c17-16(18)8-1-2-9-10(5-8)15-11(14-9)13-7-3-4-12-6-7;/h1-2,5,7,12H,3-4,6H2,(H2,13,14,15);1H/t7-;/m0./s1. The van der Waals surface area contributed by atoms with E-state index in [0.717, 1.165) is 25.0 Å². The highest BCUT2D eigenvalue weighted by Gasteiger charge is 2.16. The van der Waals surface area contributed by atoms with Gasteiger partial charge in [0.15, 0.2) is 0 Å². The van der Waals surface area contributed by atoms with Gasteiger partial charge >= 0.3 is 0 Å². The molecular formula is C11H14ClN5O2. The number of hydrogen-bond donors (Lipinski definition) is 3. The molecule has 1 fully saturated rings. The van der Waals surface area contributed by atoms with Crippen LogP contribution < -0.4 is 10.6 Å². The summed E-state index contributed by atoms with van der Waals surface area (Å²) in [5, 5.41) is 17.2. The average Bonchev–Trinajstić information content (AvgIpc) is 2.96. The molecule has 0 bridgehead atoms. The Morgan fingerprint density at radius 1 is 1.47 bits per heavy atom. The van der Waals surface area contributed by atoms with Crippen LogP contribution in [-0.4, -0.2) is 34.0 Å². The Bertz CT molecular complexity index is 594. The van der Waals surface area contributed by atoms with Gasteiger partial charge in [-0.2, -0.15) is 0 Å². The first-order chi connectivity index (χ1) is 8.72. The molecule has 2 heterocycles. The summed E-state index contributed by atoms with van der Waals surface area (Å²) in [5.74, 6) is 0.666. The number of nitrogens with one attached hydrogen (secondary N) is 3. The number of H-pyrrole nitrogens is 1. The predicted octanol–water partition coefficient (Wildman–Crippen LogP) is 1.67. The molecular weight excluding hydrogens is 270 g/mol. The Morgan fingerprint density at radius 3 is 3.00 bits per heavy atom. The van der Waals surface area contributed by atoms with Crippen LogP contribution >= 0.6 is 12.4 Å². The fraction of sp³-hybridized carbons (Fsp3) is 0.364. The molecule has 102 valence electrons. The molecule has 1 aliphatic heterocycles. The topological polar surface area (TPSA) is 95.9 Å². The molecule has 3 rings (SSSR count). The van der Waals surface area contributed by atoms with Crippen LogP contribution in [0.4, 0.5) is 11.6 Å². The average molecular weight is 284 g/mol. The molecule has 0 radical (unpaired) electrons. The molecule has 1 atom stereocenters. The van der Waals surface area contributed by atoms with Gasteiger partial charge in [-0.3, -0.25) is 10.1 Å². The highest BCUT2D eigenvalue weighted by molar-refractivity contribution is 5.85. The van der Waals surface area contributed by atoms with Crippen molar-refractivity contribution in [3.05, 3.63) is 28.3 Å². The number of rotatable bonds is 3.